The second kappa shape index (κ2) is 7.49. The normalized spacial score (nSPS) is 21.6. The predicted octanol–water partition coefficient (Wildman–Crippen LogP) is 2.65. The third-order valence-electron chi connectivity index (χ3n) is 4.75. The summed E-state index contributed by atoms with van der Waals surface area (Å²) in [7, 11) is 0. The molecule has 1 saturated carbocycles. The lowest BCUT2D eigenvalue weighted by molar-refractivity contribution is 0.122. The van der Waals surface area contributed by atoms with Gasteiger partial charge in [0.1, 0.15) is 11.6 Å². The van der Waals surface area contributed by atoms with Crippen LogP contribution in [0.15, 0.2) is 18.2 Å². The number of aliphatic hydroxyl groups excluding tert-OH is 1. The molecule has 0 bridgehead atoms. The fourth-order valence-electron chi connectivity index (χ4n) is 3.57. The molecule has 2 aliphatic rings. The summed E-state index contributed by atoms with van der Waals surface area (Å²) >= 11 is 0. The van der Waals surface area contributed by atoms with Gasteiger partial charge in [0.15, 0.2) is 0 Å². The molecule has 3 rings (SSSR count). The second-order valence-corrected chi connectivity index (χ2v) is 6.77. The predicted molar refractivity (Wildman–Crippen MR) is 89.6 cm³/mol. The van der Waals surface area contributed by atoms with Gasteiger partial charge in [-0.25, -0.2) is 4.39 Å². The Morgan fingerprint density at radius 2 is 1.91 bits per heavy atom. The highest BCUT2D eigenvalue weighted by Gasteiger charge is 2.23. The maximum absolute atomic E-state index is 13.7. The number of β-amino-alcohol motifs (C(OH)–C–C–N with tert-alkyl or cyclic N) is 1. The first kappa shape index (κ1) is 16.5. The quantitative estimate of drug-likeness (QED) is 0.904. The van der Waals surface area contributed by atoms with Crippen LogP contribution in [0.5, 0.6) is 5.75 Å². The third-order valence-corrected chi connectivity index (χ3v) is 4.75. The molecule has 1 aromatic carbocycles. The molecule has 1 aliphatic heterocycles. The van der Waals surface area contributed by atoms with Crippen LogP contribution in [-0.4, -0.2) is 54.9 Å². The summed E-state index contributed by atoms with van der Waals surface area (Å²) in [5, 5.41) is 9.50. The summed E-state index contributed by atoms with van der Waals surface area (Å²) in [6.45, 7) is 5.93. The maximum atomic E-state index is 13.7. The van der Waals surface area contributed by atoms with Gasteiger partial charge < -0.3 is 14.7 Å². The molecular formula is C18H27FN2O2. The van der Waals surface area contributed by atoms with Crippen LogP contribution in [0.2, 0.25) is 0 Å². The van der Waals surface area contributed by atoms with E-state index in [1.54, 1.807) is 12.1 Å². The Morgan fingerprint density at radius 1 is 1.22 bits per heavy atom. The molecule has 0 spiro atoms. The Kier molecular flexibility index (Phi) is 5.38. The van der Waals surface area contributed by atoms with Gasteiger partial charge in [-0.2, -0.15) is 0 Å². The Hall–Kier alpha value is -1.33. The highest BCUT2D eigenvalue weighted by molar-refractivity contribution is 5.59. The van der Waals surface area contributed by atoms with Crippen LogP contribution in [-0.2, 0) is 0 Å². The summed E-state index contributed by atoms with van der Waals surface area (Å²) in [4.78, 5) is 4.45. The smallest absolute Gasteiger partial charge is 0.143 e. The van der Waals surface area contributed by atoms with Gasteiger partial charge in [-0.1, -0.05) is 0 Å². The summed E-state index contributed by atoms with van der Waals surface area (Å²) in [5.74, 6) is 0.590. The molecule has 2 fully saturated rings. The Bertz CT molecular complexity index is 510. The van der Waals surface area contributed by atoms with Crippen molar-refractivity contribution in [3.8, 4) is 5.75 Å². The van der Waals surface area contributed by atoms with E-state index in [2.05, 4.69) is 9.80 Å². The van der Waals surface area contributed by atoms with E-state index < -0.39 is 0 Å². The van der Waals surface area contributed by atoms with Crippen molar-refractivity contribution in [1.82, 2.24) is 4.90 Å². The average molecular weight is 322 g/mol. The van der Waals surface area contributed by atoms with E-state index in [1.807, 2.05) is 6.92 Å². The molecule has 4 nitrogen and oxygen atoms in total. The number of benzene rings is 1. The molecule has 1 aromatic rings. The Labute approximate surface area is 137 Å². The van der Waals surface area contributed by atoms with Crippen molar-refractivity contribution in [2.45, 2.75) is 44.8 Å². The van der Waals surface area contributed by atoms with E-state index >= 15 is 0 Å². The average Bonchev–Trinajstić information content (AvgIpc) is 3.02. The van der Waals surface area contributed by atoms with Crippen molar-refractivity contribution < 1.29 is 14.2 Å². The number of hydrogen-bond acceptors (Lipinski definition) is 4. The maximum Gasteiger partial charge on any atom is 0.143 e. The molecule has 1 N–H and O–H groups in total. The van der Waals surface area contributed by atoms with Gasteiger partial charge in [0.25, 0.3) is 0 Å². The minimum atomic E-state index is -0.308. The van der Waals surface area contributed by atoms with Crippen LogP contribution in [0.1, 0.15) is 32.6 Å². The first-order valence-corrected chi connectivity index (χ1v) is 8.73. The summed E-state index contributed by atoms with van der Waals surface area (Å²) in [6, 6.07) is 4.84. The monoisotopic (exact) mass is 322 g/mol. The number of ether oxygens (including phenoxy) is 1. The highest BCUT2D eigenvalue weighted by atomic mass is 19.1. The summed E-state index contributed by atoms with van der Waals surface area (Å²) in [6.07, 6.45) is 4.60. The van der Waals surface area contributed by atoms with Gasteiger partial charge in [0.2, 0.25) is 0 Å². The molecule has 0 aromatic heterocycles. The molecule has 0 amide bonds. The van der Waals surface area contributed by atoms with E-state index in [0.717, 1.165) is 50.5 Å². The van der Waals surface area contributed by atoms with Crippen LogP contribution in [0.4, 0.5) is 10.1 Å². The first-order valence-electron chi connectivity index (χ1n) is 8.73. The molecule has 23 heavy (non-hydrogen) atoms. The minimum Gasteiger partial charge on any atom is -0.488 e. The Balaban J connectivity index is 1.67. The van der Waals surface area contributed by atoms with Crippen molar-refractivity contribution in [3.05, 3.63) is 24.0 Å². The molecule has 0 radical (unpaired) electrons. The zero-order valence-electron chi connectivity index (χ0n) is 13.9. The Morgan fingerprint density at radius 3 is 2.57 bits per heavy atom. The third kappa shape index (κ3) is 4.36. The van der Waals surface area contributed by atoms with Crippen molar-refractivity contribution in [2.75, 3.05) is 37.6 Å². The number of piperazine rings is 1. The van der Waals surface area contributed by atoms with Crippen molar-refractivity contribution in [1.29, 1.82) is 0 Å². The van der Waals surface area contributed by atoms with Gasteiger partial charge in [0.05, 0.1) is 17.9 Å². The number of anilines is 1. The van der Waals surface area contributed by atoms with Crippen LogP contribution >= 0.6 is 0 Å². The van der Waals surface area contributed by atoms with Gasteiger partial charge in [0, 0.05) is 38.8 Å². The number of aliphatic hydroxyl groups is 1. The number of halogens is 1. The SMILES string of the molecule is CC(O)CN1CCN(c2cc(F)ccc2OC2CCCC2)CC1. The molecule has 128 valence electrons. The minimum absolute atomic E-state index is 0.217. The summed E-state index contributed by atoms with van der Waals surface area (Å²) in [5.41, 5.74) is 0.869. The van der Waals surface area contributed by atoms with Crippen LogP contribution in [0.3, 0.4) is 0 Å². The highest BCUT2D eigenvalue weighted by Crippen LogP contribution is 2.33. The molecule has 1 heterocycles. The first-order chi connectivity index (χ1) is 11.1. The van der Waals surface area contributed by atoms with E-state index in [4.69, 9.17) is 4.74 Å². The van der Waals surface area contributed by atoms with Gasteiger partial charge >= 0.3 is 0 Å². The molecular weight excluding hydrogens is 295 g/mol. The lowest BCUT2D eigenvalue weighted by Crippen LogP contribution is -2.48. The van der Waals surface area contributed by atoms with Crippen molar-refractivity contribution >= 4 is 5.69 Å². The standard InChI is InChI=1S/C18H27FN2O2/c1-14(22)13-20-8-10-21(11-9-20)17-12-15(19)6-7-18(17)23-16-4-2-3-5-16/h6-7,12,14,16,22H,2-5,8-11,13H2,1H3. The number of hydrogen-bond donors (Lipinski definition) is 1. The van der Waals surface area contributed by atoms with E-state index in [0.29, 0.717) is 6.54 Å². The zero-order valence-corrected chi connectivity index (χ0v) is 13.9. The molecule has 5 heteroatoms. The second-order valence-electron chi connectivity index (χ2n) is 6.77. The molecule has 1 aliphatic carbocycles. The summed E-state index contributed by atoms with van der Waals surface area (Å²) < 4.78 is 19.9. The number of nitrogens with zero attached hydrogens (tertiary/aromatic N) is 2. The fourth-order valence-corrected chi connectivity index (χ4v) is 3.57. The lowest BCUT2D eigenvalue weighted by atomic mass is 10.2. The topological polar surface area (TPSA) is 35.9 Å². The zero-order chi connectivity index (χ0) is 16.2. The van der Waals surface area contributed by atoms with Gasteiger partial charge in [-0.3, -0.25) is 4.90 Å². The van der Waals surface area contributed by atoms with Crippen molar-refractivity contribution in [2.24, 2.45) is 0 Å². The molecule has 1 saturated heterocycles. The number of rotatable bonds is 5. The molecule has 1 atom stereocenters. The van der Waals surface area contributed by atoms with E-state index in [-0.39, 0.29) is 18.0 Å². The van der Waals surface area contributed by atoms with Crippen LogP contribution in [0, 0.1) is 5.82 Å². The largest absolute Gasteiger partial charge is 0.488 e. The fraction of sp³-hybridized carbons (Fsp3) is 0.667. The van der Waals surface area contributed by atoms with E-state index in [1.165, 1.54) is 18.9 Å². The van der Waals surface area contributed by atoms with Gasteiger partial charge in [-0.15, -0.1) is 0 Å². The van der Waals surface area contributed by atoms with Gasteiger partial charge in [-0.05, 0) is 44.7 Å². The van der Waals surface area contributed by atoms with E-state index in [9.17, 15) is 9.50 Å². The molecule has 1 unspecified atom stereocenters. The van der Waals surface area contributed by atoms with Crippen molar-refractivity contribution in [3.63, 3.8) is 0 Å². The van der Waals surface area contributed by atoms with Crippen LogP contribution < -0.4 is 9.64 Å². The lowest BCUT2D eigenvalue weighted by Gasteiger charge is -2.37. The van der Waals surface area contributed by atoms with Crippen LogP contribution in [0.25, 0.3) is 0 Å².